The number of hydrogen-bond donors (Lipinski definition) is 1. The number of nitrogens with zero attached hydrogens (tertiary/aromatic N) is 1. The molecule has 1 aromatic rings. The molecule has 0 saturated heterocycles. The van der Waals surface area contributed by atoms with Crippen molar-refractivity contribution in [2.75, 3.05) is 0 Å². The van der Waals surface area contributed by atoms with Crippen LogP contribution in [0, 0.1) is 13.8 Å². The number of aromatic nitrogens is 1. The fourth-order valence-electron chi connectivity index (χ4n) is 0.906. The van der Waals surface area contributed by atoms with Gasteiger partial charge < -0.3 is 4.57 Å². The van der Waals surface area contributed by atoms with Gasteiger partial charge in [0.05, 0.1) is 5.03 Å². The molecule has 0 unspecified atom stereocenters. The van der Waals surface area contributed by atoms with E-state index in [2.05, 4.69) is 37.1 Å². The zero-order valence-electron chi connectivity index (χ0n) is 5.97. The Morgan fingerprint density at radius 3 is 2.11 bits per heavy atom. The van der Waals surface area contributed by atoms with Crippen LogP contribution in [-0.2, 0) is 7.05 Å². The number of hydrogen-bond acceptors (Lipinski definition) is 1. The summed E-state index contributed by atoms with van der Waals surface area (Å²) >= 11 is 4.30. The summed E-state index contributed by atoms with van der Waals surface area (Å²) in [5, 5.41) is 1.06. The SMILES string of the molecule is Cc1cc(C)n(C)c1S. The summed E-state index contributed by atoms with van der Waals surface area (Å²) in [7, 11) is 2.02. The standard InChI is InChI=1S/C7H11NS/c1-5-4-6(2)8(3)7(5)9/h4,9H,1-3H3. The molecule has 0 aliphatic rings. The molecule has 0 radical (unpaired) electrons. The Labute approximate surface area is 61.1 Å². The predicted molar refractivity (Wildman–Crippen MR) is 42.1 cm³/mol. The predicted octanol–water partition coefficient (Wildman–Crippen LogP) is 1.93. The van der Waals surface area contributed by atoms with E-state index in [4.69, 9.17) is 0 Å². The number of rotatable bonds is 0. The van der Waals surface area contributed by atoms with Crippen LogP contribution in [0.2, 0.25) is 0 Å². The molecule has 0 N–H and O–H groups in total. The maximum atomic E-state index is 4.30. The van der Waals surface area contributed by atoms with Gasteiger partial charge in [-0.1, -0.05) is 0 Å². The lowest BCUT2D eigenvalue weighted by molar-refractivity contribution is 0.792. The van der Waals surface area contributed by atoms with Crippen molar-refractivity contribution < 1.29 is 0 Å². The molecule has 0 spiro atoms. The lowest BCUT2D eigenvalue weighted by atomic mass is 10.3. The van der Waals surface area contributed by atoms with E-state index < -0.39 is 0 Å². The average molecular weight is 141 g/mol. The van der Waals surface area contributed by atoms with Gasteiger partial charge in [0, 0.05) is 12.7 Å². The first-order valence-electron chi connectivity index (χ1n) is 2.95. The van der Waals surface area contributed by atoms with Gasteiger partial charge in [-0.2, -0.15) is 0 Å². The van der Waals surface area contributed by atoms with E-state index in [0.717, 1.165) is 5.03 Å². The lowest BCUT2D eigenvalue weighted by Gasteiger charge is -1.96. The van der Waals surface area contributed by atoms with Crippen LogP contribution in [0.15, 0.2) is 11.1 Å². The maximum Gasteiger partial charge on any atom is 0.0746 e. The van der Waals surface area contributed by atoms with E-state index in [1.54, 1.807) is 0 Å². The minimum Gasteiger partial charge on any atom is -0.343 e. The van der Waals surface area contributed by atoms with Crippen LogP contribution in [-0.4, -0.2) is 4.57 Å². The zero-order valence-corrected chi connectivity index (χ0v) is 6.87. The highest BCUT2D eigenvalue weighted by atomic mass is 32.1. The smallest absolute Gasteiger partial charge is 0.0746 e. The molecule has 50 valence electrons. The second kappa shape index (κ2) is 2.10. The van der Waals surface area contributed by atoms with Crippen molar-refractivity contribution in [1.29, 1.82) is 0 Å². The summed E-state index contributed by atoms with van der Waals surface area (Å²) in [6.45, 7) is 4.14. The first kappa shape index (κ1) is 6.75. The Kier molecular flexibility index (Phi) is 1.58. The van der Waals surface area contributed by atoms with Crippen molar-refractivity contribution in [3.05, 3.63) is 17.3 Å². The molecular weight excluding hydrogens is 130 g/mol. The molecule has 0 saturated carbocycles. The third-order valence-electron chi connectivity index (χ3n) is 1.62. The Morgan fingerprint density at radius 2 is 2.00 bits per heavy atom. The largest absolute Gasteiger partial charge is 0.343 e. The summed E-state index contributed by atoms with van der Waals surface area (Å²) in [4.78, 5) is 0. The molecule has 2 heteroatoms. The summed E-state index contributed by atoms with van der Waals surface area (Å²) in [6.07, 6.45) is 0. The molecule has 9 heavy (non-hydrogen) atoms. The quantitative estimate of drug-likeness (QED) is 0.527. The van der Waals surface area contributed by atoms with Gasteiger partial charge in [-0.3, -0.25) is 0 Å². The average Bonchev–Trinajstić information content (AvgIpc) is 1.98. The Morgan fingerprint density at radius 1 is 1.44 bits per heavy atom. The first-order valence-corrected chi connectivity index (χ1v) is 3.39. The van der Waals surface area contributed by atoms with Crippen molar-refractivity contribution in [3.8, 4) is 0 Å². The molecule has 0 aromatic carbocycles. The molecule has 1 nitrogen and oxygen atoms in total. The molecule has 0 aliphatic carbocycles. The van der Waals surface area contributed by atoms with Gasteiger partial charge in [-0.15, -0.1) is 12.6 Å². The second-order valence-corrected chi connectivity index (χ2v) is 2.77. The zero-order chi connectivity index (χ0) is 7.02. The summed E-state index contributed by atoms with van der Waals surface area (Å²) < 4.78 is 2.07. The second-order valence-electron chi connectivity index (χ2n) is 2.35. The Bertz CT molecular complexity index is 203. The van der Waals surface area contributed by atoms with E-state index in [1.807, 2.05) is 7.05 Å². The van der Waals surface area contributed by atoms with Gasteiger partial charge in [0.2, 0.25) is 0 Å². The van der Waals surface area contributed by atoms with E-state index >= 15 is 0 Å². The summed E-state index contributed by atoms with van der Waals surface area (Å²) in [6, 6.07) is 2.13. The van der Waals surface area contributed by atoms with E-state index in [1.165, 1.54) is 11.3 Å². The van der Waals surface area contributed by atoms with Gasteiger partial charge in [-0.05, 0) is 25.5 Å². The minimum atomic E-state index is 1.06. The maximum absolute atomic E-state index is 4.30. The fourth-order valence-corrected chi connectivity index (χ4v) is 1.13. The normalized spacial score (nSPS) is 10.2. The monoisotopic (exact) mass is 141 g/mol. The highest BCUT2D eigenvalue weighted by Crippen LogP contribution is 2.15. The van der Waals surface area contributed by atoms with Gasteiger partial charge in [0.1, 0.15) is 0 Å². The highest BCUT2D eigenvalue weighted by molar-refractivity contribution is 7.80. The van der Waals surface area contributed by atoms with Crippen LogP contribution < -0.4 is 0 Å². The minimum absolute atomic E-state index is 1.06. The van der Waals surface area contributed by atoms with Gasteiger partial charge in [-0.25, -0.2) is 0 Å². The van der Waals surface area contributed by atoms with Crippen molar-refractivity contribution in [3.63, 3.8) is 0 Å². The fraction of sp³-hybridized carbons (Fsp3) is 0.429. The van der Waals surface area contributed by atoms with E-state index in [0.29, 0.717) is 0 Å². The highest BCUT2D eigenvalue weighted by Gasteiger charge is 1.99. The third-order valence-corrected chi connectivity index (χ3v) is 2.28. The van der Waals surface area contributed by atoms with Crippen LogP contribution >= 0.6 is 12.6 Å². The van der Waals surface area contributed by atoms with E-state index in [-0.39, 0.29) is 0 Å². The van der Waals surface area contributed by atoms with Gasteiger partial charge in [0.25, 0.3) is 0 Å². The molecule has 0 amide bonds. The molecule has 1 rings (SSSR count). The topological polar surface area (TPSA) is 4.93 Å². The molecule has 1 heterocycles. The van der Waals surface area contributed by atoms with Crippen LogP contribution in [0.3, 0.4) is 0 Å². The third kappa shape index (κ3) is 0.990. The van der Waals surface area contributed by atoms with Crippen LogP contribution in [0.5, 0.6) is 0 Å². The number of thiol groups is 1. The first-order chi connectivity index (χ1) is 4.13. The Hall–Kier alpha value is -0.370. The van der Waals surface area contributed by atoms with Crippen molar-refractivity contribution in [1.82, 2.24) is 4.57 Å². The van der Waals surface area contributed by atoms with Crippen molar-refractivity contribution in [2.45, 2.75) is 18.9 Å². The molecule has 0 aliphatic heterocycles. The summed E-state index contributed by atoms with van der Waals surface area (Å²) in [5.74, 6) is 0. The Balaban J connectivity index is 3.29. The molecule has 0 atom stereocenters. The van der Waals surface area contributed by atoms with Crippen molar-refractivity contribution >= 4 is 12.6 Å². The molecule has 0 fully saturated rings. The number of aryl methyl sites for hydroxylation is 2. The molecule has 0 bridgehead atoms. The molecule has 1 aromatic heterocycles. The molecular formula is C7H11NS. The van der Waals surface area contributed by atoms with Crippen molar-refractivity contribution in [2.24, 2.45) is 7.05 Å². The van der Waals surface area contributed by atoms with Crippen LogP contribution in [0.1, 0.15) is 11.3 Å². The summed E-state index contributed by atoms with van der Waals surface area (Å²) in [5.41, 5.74) is 2.51. The van der Waals surface area contributed by atoms with Crippen LogP contribution in [0.4, 0.5) is 0 Å². The van der Waals surface area contributed by atoms with Gasteiger partial charge >= 0.3 is 0 Å². The lowest BCUT2D eigenvalue weighted by Crippen LogP contribution is -1.89. The van der Waals surface area contributed by atoms with E-state index in [9.17, 15) is 0 Å². The van der Waals surface area contributed by atoms with Crippen LogP contribution in [0.25, 0.3) is 0 Å². The van der Waals surface area contributed by atoms with Gasteiger partial charge in [0.15, 0.2) is 0 Å².